The van der Waals surface area contributed by atoms with Crippen LogP contribution in [-0.4, -0.2) is 25.0 Å². The van der Waals surface area contributed by atoms with Gasteiger partial charge in [-0.25, -0.2) is 4.79 Å². The summed E-state index contributed by atoms with van der Waals surface area (Å²) in [6.07, 6.45) is 2.29. The zero-order valence-electron chi connectivity index (χ0n) is 8.87. The van der Waals surface area contributed by atoms with Crippen molar-refractivity contribution in [2.45, 2.75) is 32.7 Å². The monoisotopic (exact) mass is 199 g/mol. The van der Waals surface area contributed by atoms with Gasteiger partial charge < -0.3 is 10.1 Å². The topological polar surface area (TPSA) is 55.4 Å². The van der Waals surface area contributed by atoms with E-state index >= 15 is 0 Å². The predicted molar refractivity (Wildman–Crippen MR) is 51.5 cm³/mol. The first-order chi connectivity index (χ1) is 6.56. The van der Waals surface area contributed by atoms with Crippen LogP contribution in [0.15, 0.2) is 0 Å². The van der Waals surface area contributed by atoms with Gasteiger partial charge >= 0.3 is 5.97 Å². The van der Waals surface area contributed by atoms with Gasteiger partial charge in [0.2, 0.25) is 5.91 Å². The summed E-state index contributed by atoms with van der Waals surface area (Å²) in [5.41, 5.74) is 0. The first-order valence-corrected chi connectivity index (χ1v) is 4.91. The Bertz CT molecular complexity index is 236. The standard InChI is InChI=1S/C10H17NO3/c1-6(8-4-5-8)9(10(13)14-3)11-7(2)12/h6,8-9H,4-5H2,1-3H3,(H,11,12). The van der Waals surface area contributed by atoms with Crippen LogP contribution in [0.2, 0.25) is 0 Å². The molecule has 0 aromatic heterocycles. The molecule has 0 aromatic rings. The molecule has 1 N–H and O–H groups in total. The highest BCUT2D eigenvalue weighted by atomic mass is 16.5. The SMILES string of the molecule is COC(=O)C(NC(C)=O)C(C)C1CC1. The summed E-state index contributed by atoms with van der Waals surface area (Å²) in [5, 5.41) is 2.64. The number of carbonyl (C=O) groups excluding carboxylic acids is 2. The van der Waals surface area contributed by atoms with Crippen LogP contribution in [-0.2, 0) is 14.3 Å². The predicted octanol–water partition coefficient (Wildman–Crippen LogP) is 0.710. The lowest BCUT2D eigenvalue weighted by atomic mass is 9.96. The minimum Gasteiger partial charge on any atom is -0.467 e. The number of methoxy groups -OCH3 is 1. The highest BCUT2D eigenvalue weighted by Crippen LogP contribution is 2.38. The van der Waals surface area contributed by atoms with Crippen LogP contribution < -0.4 is 5.32 Å². The average molecular weight is 199 g/mol. The van der Waals surface area contributed by atoms with Gasteiger partial charge in [-0.2, -0.15) is 0 Å². The second-order valence-electron chi connectivity index (χ2n) is 3.90. The third-order valence-electron chi connectivity index (χ3n) is 2.71. The quantitative estimate of drug-likeness (QED) is 0.678. The molecule has 0 aliphatic heterocycles. The van der Waals surface area contributed by atoms with Crippen molar-refractivity contribution < 1.29 is 14.3 Å². The Balaban J connectivity index is 2.59. The van der Waals surface area contributed by atoms with Gasteiger partial charge in [0.05, 0.1) is 7.11 Å². The lowest BCUT2D eigenvalue weighted by Gasteiger charge is -2.21. The second kappa shape index (κ2) is 4.44. The van der Waals surface area contributed by atoms with Gasteiger partial charge in [-0.05, 0) is 24.7 Å². The average Bonchev–Trinajstić information content (AvgIpc) is 2.94. The molecule has 0 aromatic carbocycles. The summed E-state index contributed by atoms with van der Waals surface area (Å²) in [6, 6.07) is -0.481. The minimum absolute atomic E-state index is 0.173. The Morgan fingerprint density at radius 1 is 1.43 bits per heavy atom. The van der Waals surface area contributed by atoms with Crippen molar-refractivity contribution in [3.63, 3.8) is 0 Å². The van der Waals surface area contributed by atoms with Crippen molar-refractivity contribution in [1.82, 2.24) is 5.32 Å². The van der Waals surface area contributed by atoms with Crippen molar-refractivity contribution in [3.05, 3.63) is 0 Å². The molecule has 0 heterocycles. The molecular formula is C10H17NO3. The number of hydrogen-bond acceptors (Lipinski definition) is 3. The van der Waals surface area contributed by atoms with E-state index in [2.05, 4.69) is 10.1 Å². The summed E-state index contributed by atoms with van der Waals surface area (Å²) in [4.78, 5) is 22.3. The molecule has 4 nitrogen and oxygen atoms in total. The zero-order chi connectivity index (χ0) is 10.7. The zero-order valence-corrected chi connectivity index (χ0v) is 8.87. The second-order valence-corrected chi connectivity index (χ2v) is 3.90. The molecule has 1 saturated carbocycles. The first kappa shape index (κ1) is 11.0. The molecule has 14 heavy (non-hydrogen) atoms. The van der Waals surface area contributed by atoms with E-state index in [0.29, 0.717) is 5.92 Å². The van der Waals surface area contributed by atoms with E-state index in [9.17, 15) is 9.59 Å². The van der Waals surface area contributed by atoms with E-state index in [-0.39, 0.29) is 17.8 Å². The van der Waals surface area contributed by atoms with E-state index in [1.54, 1.807) is 0 Å². The van der Waals surface area contributed by atoms with E-state index in [1.807, 2.05) is 6.92 Å². The Hall–Kier alpha value is -1.06. The fourth-order valence-corrected chi connectivity index (χ4v) is 1.65. The van der Waals surface area contributed by atoms with Gasteiger partial charge in [0, 0.05) is 6.92 Å². The van der Waals surface area contributed by atoms with E-state index in [1.165, 1.54) is 14.0 Å². The molecule has 1 rings (SSSR count). The lowest BCUT2D eigenvalue weighted by molar-refractivity contribution is -0.146. The van der Waals surface area contributed by atoms with Crippen LogP contribution in [0.4, 0.5) is 0 Å². The van der Waals surface area contributed by atoms with Gasteiger partial charge in [0.1, 0.15) is 6.04 Å². The molecule has 2 unspecified atom stereocenters. The highest BCUT2D eigenvalue weighted by molar-refractivity contribution is 5.83. The first-order valence-electron chi connectivity index (χ1n) is 4.91. The van der Waals surface area contributed by atoms with Gasteiger partial charge in [-0.15, -0.1) is 0 Å². The Morgan fingerprint density at radius 2 is 2.00 bits per heavy atom. The number of nitrogens with one attached hydrogen (secondary N) is 1. The van der Waals surface area contributed by atoms with Gasteiger partial charge in [0.25, 0.3) is 0 Å². The molecule has 0 spiro atoms. The molecule has 4 heteroatoms. The maximum absolute atomic E-state index is 11.4. The Kier molecular flexibility index (Phi) is 3.49. The molecule has 0 bridgehead atoms. The van der Waals surface area contributed by atoms with Crippen LogP contribution in [0.5, 0.6) is 0 Å². The van der Waals surface area contributed by atoms with Crippen molar-refractivity contribution in [2.75, 3.05) is 7.11 Å². The molecule has 1 fully saturated rings. The molecular weight excluding hydrogens is 182 g/mol. The van der Waals surface area contributed by atoms with Crippen molar-refractivity contribution >= 4 is 11.9 Å². The lowest BCUT2D eigenvalue weighted by Crippen LogP contribution is -2.45. The Labute approximate surface area is 84.0 Å². The molecule has 80 valence electrons. The van der Waals surface area contributed by atoms with Gasteiger partial charge in [-0.1, -0.05) is 6.92 Å². The van der Waals surface area contributed by atoms with Crippen molar-refractivity contribution in [3.8, 4) is 0 Å². The summed E-state index contributed by atoms with van der Waals surface area (Å²) >= 11 is 0. The number of esters is 1. The van der Waals surface area contributed by atoms with Gasteiger partial charge in [-0.3, -0.25) is 4.79 Å². The fourth-order valence-electron chi connectivity index (χ4n) is 1.65. The van der Waals surface area contributed by atoms with E-state index < -0.39 is 6.04 Å². The third kappa shape index (κ3) is 2.72. The summed E-state index contributed by atoms with van der Waals surface area (Å²) in [7, 11) is 1.34. The maximum Gasteiger partial charge on any atom is 0.328 e. The highest BCUT2D eigenvalue weighted by Gasteiger charge is 2.37. The maximum atomic E-state index is 11.4. The molecule has 1 aliphatic carbocycles. The minimum atomic E-state index is -0.481. The normalized spacial score (nSPS) is 19.6. The summed E-state index contributed by atoms with van der Waals surface area (Å²) < 4.78 is 4.66. The summed E-state index contributed by atoms with van der Waals surface area (Å²) in [5.74, 6) is 0.199. The number of hydrogen-bond donors (Lipinski definition) is 1. The fraction of sp³-hybridized carbons (Fsp3) is 0.800. The molecule has 1 amide bonds. The van der Waals surface area contributed by atoms with Crippen LogP contribution >= 0.6 is 0 Å². The van der Waals surface area contributed by atoms with Gasteiger partial charge in [0.15, 0.2) is 0 Å². The van der Waals surface area contributed by atoms with Crippen molar-refractivity contribution in [1.29, 1.82) is 0 Å². The Morgan fingerprint density at radius 3 is 2.36 bits per heavy atom. The largest absolute Gasteiger partial charge is 0.467 e. The summed E-state index contributed by atoms with van der Waals surface area (Å²) in [6.45, 7) is 3.39. The number of amides is 1. The number of rotatable bonds is 4. The van der Waals surface area contributed by atoms with Crippen LogP contribution in [0.25, 0.3) is 0 Å². The van der Waals surface area contributed by atoms with Crippen molar-refractivity contribution in [2.24, 2.45) is 11.8 Å². The van der Waals surface area contributed by atoms with Crippen LogP contribution in [0.1, 0.15) is 26.7 Å². The smallest absolute Gasteiger partial charge is 0.328 e. The molecule has 1 aliphatic rings. The van der Waals surface area contributed by atoms with E-state index in [4.69, 9.17) is 0 Å². The third-order valence-corrected chi connectivity index (χ3v) is 2.71. The van der Waals surface area contributed by atoms with Crippen LogP contribution in [0.3, 0.4) is 0 Å². The molecule has 0 saturated heterocycles. The number of carbonyl (C=O) groups is 2. The molecule has 0 radical (unpaired) electrons. The van der Waals surface area contributed by atoms with Crippen LogP contribution in [0, 0.1) is 11.8 Å². The van der Waals surface area contributed by atoms with E-state index in [0.717, 1.165) is 12.8 Å². The molecule has 2 atom stereocenters. The number of ether oxygens (including phenoxy) is 1.